The lowest BCUT2D eigenvalue weighted by molar-refractivity contribution is -0.174. The third-order valence-electron chi connectivity index (χ3n) is 11.1. The van der Waals surface area contributed by atoms with Crippen LogP contribution in [-0.2, 0) is 0 Å². The summed E-state index contributed by atoms with van der Waals surface area (Å²) in [6, 6.07) is 0. The molecule has 0 bridgehead atoms. The molecule has 0 amide bonds. The number of hydrogen-bond acceptors (Lipinski definition) is 4. The lowest BCUT2D eigenvalue weighted by atomic mass is 9.43. The minimum Gasteiger partial charge on any atom is -0.393 e. The van der Waals surface area contributed by atoms with E-state index in [4.69, 9.17) is 0 Å². The van der Waals surface area contributed by atoms with Crippen LogP contribution in [0.25, 0.3) is 0 Å². The van der Waals surface area contributed by atoms with Gasteiger partial charge in [0.2, 0.25) is 0 Å². The van der Waals surface area contributed by atoms with E-state index in [0.717, 1.165) is 32.1 Å². The van der Waals surface area contributed by atoms with Crippen LogP contribution in [-0.4, -0.2) is 44.3 Å². The van der Waals surface area contributed by atoms with Gasteiger partial charge >= 0.3 is 0 Å². The van der Waals surface area contributed by atoms with Crippen molar-refractivity contribution in [3.8, 4) is 0 Å². The van der Waals surface area contributed by atoms with Crippen LogP contribution in [0.15, 0.2) is 0 Å². The quantitative estimate of drug-likeness (QED) is 0.511. The molecule has 11 atom stereocenters. The molecule has 0 aliphatic heterocycles. The van der Waals surface area contributed by atoms with Gasteiger partial charge in [-0.05, 0) is 124 Å². The summed E-state index contributed by atoms with van der Waals surface area (Å²) in [4.78, 5) is 0. The van der Waals surface area contributed by atoms with Gasteiger partial charge in [-0.25, -0.2) is 0 Å². The Morgan fingerprint density at radius 3 is 2.23 bits per heavy atom. The van der Waals surface area contributed by atoms with E-state index < -0.39 is 11.7 Å². The minimum absolute atomic E-state index is 0.174. The predicted molar refractivity (Wildman–Crippen MR) is 123 cm³/mol. The van der Waals surface area contributed by atoms with Crippen LogP contribution in [0.3, 0.4) is 0 Å². The molecule has 4 unspecified atom stereocenters. The van der Waals surface area contributed by atoms with E-state index in [1.807, 2.05) is 0 Å². The first-order valence-electron chi connectivity index (χ1n) is 13.1. The number of hydrogen-bond donors (Lipinski definition) is 4. The van der Waals surface area contributed by atoms with Crippen molar-refractivity contribution in [3.05, 3.63) is 0 Å². The highest BCUT2D eigenvalue weighted by molar-refractivity contribution is 5.11. The van der Waals surface area contributed by atoms with Crippen molar-refractivity contribution < 1.29 is 20.4 Å². The Hall–Kier alpha value is -0.160. The summed E-state index contributed by atoms with van der Waals surface area (Å²) in [6.07, 6.45) is 9.25. The molecule has 4 aliphatic carbocycles. The second-order valence-electron chi connectivity index (χ2n) is 13.2. The zero-order valence-corrected chi connectivity index (χ0v) is 20.6. The number of fused-ring (bicyclic) bond motifs is 5. The van der Waals surface area contributed by atoms with Gasteiger partial charge in [0.25, 0.3) is 0 Å². The second-order valence-corrected chi connectivity index (χ2v) is 13.2. The topological polar surface area (TPSA) is 80.9 Å². The second kappa shape index (κ2) is 8.25. The van der Waals surface area contributed by atoms with Gasteiger partial charge in [0.1, 0.15) is 0 Å². The minimum atomic E-state index is -1.04. The fraction of sp³-hybridized carbons (Fsp3) is 1.00. The van der Waals surface area contributed by atoms with Crippen molar-refractivity contribution >= 4 is 0 Å². The number of aliphatic hydroxyl groups excluding tert-OH is 3. The van der Waals surface area contributed by atoms with Gasteiger partial charge in [-0.3, -0.25) is 0 Å². The van der Waals surface area contributed by atoms with Gasteiger partial charge in [0.05, 0.1) is 23.9 Å². The van der Waals surface area contributed by atoms with Crippen LogP contribution < -0.4 is 0 Å². The van der Waals surface area contributed by atoms with Gasteiger partial charge < -0.3 is 20.4 Å². The summed E-state index contributed by atoms with van der Waals surface area (Å²) in [5.74, 6) is 3.23. The van der Waals surface area contributed by atoms with E-state index in [-0.39, 0.29) is 23.0 Å². The molecule has 4 N–H and O–H groups in total. The Kier molecular flexibility index (Phi) is 6.38. The molecule has 0 aromatic rings. The number of rotatable bonds is 5. The molecule has 0 saturated heterocycles. The molecule has 0 radical (unpaired) electrons. The fourth-order valence-corrected chi connectivity index (χ4v) is 9.15. The smallest absolute Gasteiger partial charge is 0.0849 e. The summed E-state index contributed by atoms with van der Waals surface area (Å²) in [6.45, 7) is 10.7. The molecular weight excluding hydrogens is 388 g/mol. The predicted octanol–water partition coefficient (Wildman–Crippen LogP) is 4.53. The van der Waals surface area contributed by atoms with Gasteiger partial charge in [-0.1, -0.05) is 20.8 Å². The molecule has 0 spiro atoms. The molecule has 0 aromatic carbocycles. The van der Waals surface area contributed by atoms with Crippen molar-refractivity contribution in [2.24, 2.45) is 46.3 Å². The Morgan fingerprint density at radius 1 is 0.903 bits per heavy atom. The lowest BCUT2D eigenvalue weighted by Crippen LogP contribution is -2.58. The summed E-state index contributed by atoms with van der Waals surface area (Å²) in [7, 11) is 0. The highest BCUT2D eigenvalue weighted by atomic mass is 16.3. The van der Waals surface area contributed by atoms with E-state index in [0.29, 0.717) is 41.9 Å². The normalized spacial score (nSPS) is 49.6. The molecule has 4 aliphatic rings. The molecular formula is C27H48O4. The Balaban J connectivity index is 1.49. The van der Waals surface area contributed by atoms with Crippen molar-refractivity contribution in [3.63, 3.8) is 0 Å². The molecule has 0 aromatic heterocycles. The third-order valence-corrected chi connectivity index (χ3v) is 11.1. The van der Waals surface area contributed by atoms with E-state index in [1.165, 1.54) is 25.7 Å². The summed E-state index contributed by atoms with van der Waals surface area (Å²) in [5.41, 5.74) is -0.477. The van der Waals surface area contributed by atoms with Crippen LogP contribution in [0.1, 0.15) is 98.8 Å². The monoisotopic (exact) mass is 436 g/mol. The van der Waals surface area contributed by atoms with E-state index in [2.05, 4.69) is 20.8 Å². The average Bonchev–Trinajstić information content (AvgIpc) is 3.03. The van der Waals surface area contributed by atoms with Crippen LogP contribution in [0.4, 0.5) is 0 Å². The SMILES string of the molecule is C[C@H](CCC(O)C(C)(C)O)[C@H]1CC[C@H]2[C@@H]3C(O)CC4CC(O)CC[C@]4(C)[C@H]3CC[C@]12C. The molecule has 0 heterocycles. The van der Waals surface area contributed by atoms with Crippen molar-refractivity contribution in [2.75, 3.05) is 0 Å². The van der Waals surface area contributed by atoms with E-state index in [9.17, 15) is 20.4 Å². The summed E-state index contributed by atoms with van der Waals surface area (Å²) >= 11 is 0. The van der Waals surface area contributed by atoms with Crippen LogP contribution >= 0.6 is 0 Å². The maximum Gasteiger partial charge on any atom is 0.0849 e. The average molecular weight is 437 g/mol. The van der Waals surface area contributed by atoms with Crippen LogP contribution in [0, 0.1) is 46.3 Å². The molecule has 4 saturated carbocycles. The first-order chi connectivity index (χ1) is 14.4. The van der Waals surface area contributed by atoms with Gasteiger partial charge in [0, 0.05) is 0 Å². The summed E-state index contributed by atoms with van der Waals surface area (Å²) < 4.78 is 0. The Bertz CT molecular complexity index is 644. The van der Waals surface area contributed by atoms with E-state index in [1.54, 1.807) is 13.8 Å². The molecule has 31 heavy (non-hydrogen) atoms. The molecule has 4 heteroatoms. The lowest BCUT2D eigenvalue weighted by Gasteiger charge is -2.62. The molecule has 4 nitrogen and oxygen atoms in total. The first kappa shape index (κ1) is 24.0. The largest absolute Gasteiger partial charge is 0.393 e. The van der Waals surface area contributed by atoms with Crippen molar-refractivity contribution in [1.29, 1.82) is 0 Å². The third kappa shape index (κ3) is 4.02. The Labute approximate surface area is 189 Å². The fourth-order valence-electron chi connectivity index (χ4n) is 9.15. The van der Waals surface area contributed by atoms with Gasteiger partial charge in [-0.2, -0.15) is 0 Å². The van der Waals surface area contributed by atoms with Gasteiger partial charge in [0.15, 0.2) is 0 Å². The van der Waals surface area contributed by atoms with Crippen LogP contribution in [0.5, 0.6) is 0 Å². The standard InChI is InChI=1S/C27H48O4/c1-16(6-9-23(30)25(2,3)31)19-7-8-20-24-21(11-13-27(19,20)5)26(4)12-10-18(28)14-17(26)15-22(24)29/h16-24,28-31H,6-15H2,1-5H3/t16-,17?,18?,19-,20+,21+,22?,23?,24+,26+,27-/m1/s1. The van der Waals surface area contributed by atoms with E-state index >= 15 is 0 Å². The molecule has 4 fully saturated rings. The summed E-state index contributed by atoms with van der Waals surface area (Å²) in [5, 5.41) is 42.0. The molecule has 4 rings (SSSR count). The zero-order valence-electron chi connectivity index (χ0n) is 20.6. The zero-order chi connectivity index (χ0) is 22.8. The van der Waals surface area contributed by atoms with Crippen molar-refractivity contribution in [2.45, 2.75) is 123 Å². The highest BCUT2D eigenvalue weighted by Gasteiger charge is 2.62. The van der Waals surface area contributed by atoms with Crippen molar-refractivity contribution in [1.82, 2.24) is 0 Å². The van der Waals surface area contributed by atoms with Gasteiger partial charge in [-0.15, -0.1) is 0 Å². The first-order valence-corrected chi connectivity index (χ1v) is 13.1. The van der Waals surface area contributed by atoms with Crippen LogP contribution in [0.2, 0.25) is 0 Å². The Morgan fingerprint density at radius 2 is 1.55 bits per heavy atom. The maximum atomic E-state index is 11.4. The number of aliphatic hydroxyl groups is 4. The molecule has 180 valence electrons. The maximum absolute atomic E-state index is 11.4. The highest BCUT2D eigenvalue weighted by Crippen LogP contribution is 2.68.